The molecule has 0 bridgehead atoms. The quantitative estimate of drug-likeness (QED) is 0.542. The van der Waals surface area contributed by atoms with Gasteiger partial charge in [0.15, 0.2) is 0 Å². The number of hydrogen-bond acceptors (Lipinski definition) is 7. The molecule has 8 nitrogen and oxygen atoms in total. The number of benzene rings is 1. The van der Waals surface area contributed by atoms with Crippen LogP contribution in [0.4, 0.5) is 9.59 Å². The third kappa shape index (κ3) is 5.48. The lowest BCUT2D eigenvalue weighted by Crippen LogP contribution is -2.24. The first-order chi connectivity index (χ1) is 13.8. The first kappa shape index (κ1) is 21.1. The highest BCUT2D eigenvalue weighted by atomic mass is 16.8. The molecule has 0 saturated carbocycles. The Morgan fingerprint density at radius 1 is 1.24 bits per heavy atom. The minimum absolute atomic E-state index is 0.181. The number of likely N-dealkylation sites (N-methyl/N-ethyl adjacent to an activating group) is 2. The molecule has 2 heterocycles. The predicted molar refractivity (Wildman–Crippen MR) is 109 cm³/mol. The van der Waals surface area contributed by atoms with Crippen molar-refractivity contribution in [1.82, 2.24) is 14.4 Å². The Morgan fingerprint density at radius 2 is 2.03 bits per heavy atom. The molecule has 3 rings (SSSR count). The molecule has 1 aliphatic heterocycles. The lowest BCUT2D eigenvalue weighted by atomic mass is 10.1. The highest BCUT2D eigenvalue weighted by Gasteiger charge is 2.24. The first-order valence-electron chi connectivity index (χ1n) is 9.78. The van der Waals surface area contributed by atoms with E-state index in [0.29, 0.717) is 6.54 Å². The highest BCUT2D eigenvalue weighted by molar-refractivity contribution is 5.92. The monoisotopic (exact) mass is 403 g/mol. The fourth-order valence-electron chi connectivity index (χ4n) is 3.46. The third-order valence-corrected chi connectivity index (χ3v) is 5.04. The number of fused-ring (bicyclic) bond motifs is 1. The molecule has 8 heteroatoms. The van der Waals surface area contributed by atoms with Crippen LogP contribution in [0.1, 0.15) is 17.5 Å². The van der Waals surface area contributed by atoms with Crippen molar-refractivity contribution < 1.29 is 23.8 Å². The van der Waals surface area contributed by atoms with Crippen LogP contribution in [0.2, 0.25) is 0 Å². The van der Waals surface area contributed by atoms with Crippen LogP contribution in [0.5, 0.6) is 0 Å². The van der Waals surface area contributed by atoms with Crippen molar-refractivity contribution >= 4 is 23.2 Å². The van der Waals surface area contributed by atoms with E-state index in [1.54, 1.807) is 6.20 Å². The van der Waals surface area contributed by atoms with Gasteiger partial charge in [-0.15, -0.1) is 0 Å². The second kappa shape index (κ2) is 9.28. The molecular formula is C21H29N3O5. The minimum Gasteiger partial charge on any atom is -0.429 e. The number of aromatic nitrogens is 1. The summed E-state index contributed by atoms with van der Waals surface area (Å²) in [4.78, 5) is 28.5. The Hall–Kier alpha value is -2.58. The van der Waals surface area contributed by atoms with Crippen LogP contribution in [0, 0.1) is 6.92 Å². The molecule has 0 spiro atoms. The summed E-state index contributed by atoms with van der Waals surface area (Å²) < 4.78 is 16.7. The van der Waals surface area contributed by atoms with E-state index in [-0.39, 0.29) is 6.10 Å². The number of ether oxygens (including phenoxy) is 3. The molecular weight excluding hydrogens is 374 g/mol. The zero-order valence-corrected chi connectivity index (χ0v) is 17.5. The van der Waals surface area contributed by atoms with Crippen molar-refractivity contribution in [3.63, 3.8) is 0 Å². The molecule has 1 fully saturated rings. The van der Waals surface area contributed by atoms with Gasteiger partial charge in [0.2, 0.25) is 6.79 Å². The van der Waals surface area contributed by atoms with Gasteiger partial charge in [-0.05, 0) is 58.6 Å². The molecule has 1 unspecified atom stereocenters. The summed E-state index contributed by atoms with van der Waals surface area (Å²) in [5.41, 5.74) is 2.96. The lowest BCUT2D eigenvalue weighted by molar-refractivity contribution is -0.0273. The Kier molecular flexibility index (Phi) is 6.76. The molecule has 1 atom stereocenters. The fraction of sp³-hybridized carbons (Fsp3) is 0.524. The topological polar surface area (TPSA) is 73.2 Å². The number of carbonyl (C=O) groups excluding carboxylic acids is 2. The van der Waals surface area contributed by atoms with Gasteiger partial charge < -0.3 is 24.0 Å². The van der Waals surface area contributed by atoms with Crippen molar-refractivity contribution in [3.05, 3.63) is 35.5 Å². The maximum atomic E-state index is 12.6. The molecule has 0 aliphatic carbocycles. The molecule has 29 heavy (non-hydrogen) atoms. The number of rotatable bonds is 6. The van der Waals surface area contributed by atoms with Crippen LogP contribution >= 0.6 is 0 Å². The Balaban J connectivity index is 1.60. The van der Waals surface area contributed by atoms with E-state index in [1.807, 2.05) is 40.2 Å². The van der Waals surface area contributed by atoms with E-state index in [1.165, 1.54) is 4.57 Å². The standard InChI is InChI=1S/C21H29N3O5/c1-15-5-6-19-18(11-15)16(7-9-22(2)3)12-24(19)20(25)27-14-28-21(26)29-17-8-10-23(4)13-17/h5-6,11-12,17H,7-10,13-14H2,1-4H3. The average molecular weight is 403 g/mol. The van der Waals surface area contributed by atoms with E-state index in [2.05, 4.69) is 15.9 Å². The van der Waals surface area contributed by atoms with Crippen molar-refractivity contribution in [3.8, 4) is 0 Å². The second-order valence-corrected chi connectivity index (χ2v) is 7.81. The van der Waals surface area contributed by atoms with Gasteiger partial charge in [-0.2, -0.15) is 0 Å². The summed E-state index contributed by atoms with van der Waals surface area (Å²) in [7, 11) is 5.99. The third-order valence-electron chi connectivity index (χ3n) is 5.04. The summed E-state index contributed by atoms with van der Waals surface area (Å²) in [6, 6.07) is 5.92. The summed E-state index contributed by atoms with van der Waals surface area (Å²) in [6.07, 6.45) is 1.78. The SMILES string of the molecule is Cc1ccc2c(c1)c(CCN(C)C)cn2C(=O)OCOC(=O)OC1CCN(C)C1. The number of nitrogens with zero attached hydrogens (tertiary/aromatic N) is 3. The smallest absolute Gasteiger partial charge is 0.429 e. The largest absolute Gasteiger partial charge is 0.511 e. The molecule has 1 aromatic carbocycles. The van der Waals surface area contributed by atoms with Gasteiger partial charge in [0.05, 0.1) is 5.52 Å². The molecule has 2 aromatic rings. The van der Waals surface area contributed by atoms with Crippen molar-refractivity contribution in [2.45, 2.75) is 25.9 Å². The van der Waals surface area contributed by atoms with Crippen LogP contribution in [0.3, 0.4) is 0 Å². The van der Waals surface area contributed by atoms with Gasteiger partial charge in [0.1, 0.15) is 6.10 Å². The summed E-state index contributed by atoms with van der Waals surface area (Å²) in [5.74, 6) is 0. The zero-order valence-electron chi connectivity index (χ0n) is 17.5. The van der Waals surface area contributed by atoms with E-state index in [0.717, 1.165) is 48.0 Å². The van der Waals surface area contributed by atoms with Crippen molar-refractivity contribution in [1.29, 1.82) is 0 Å². The van der Waals surface area contributed by atoms with Crippen molar-refractivity contribution in [2.24, 2.45) is 0 Å². The summed E-state index contributed by atoms with van der Waals surface area (Å²) in [6.45, 7) is 3.96. The van der Waals surface area contributed by atoms with Gasteiger partial charge >= 0.3 is 12.2 Å². The van der Waals surface area contributed by atoms with E-state index in [4.69, 9.17) is 14.2 Å². The summed E-state index contributed by atoms with van der Waals surface area (Å²) >= 11 is 0. The highest BCUT2D eigenvalue weighted by Crippen LogP contribution is 2.24. The van der Waals surface area contributed by atoms with Crippen LogP contribution in [0.15, 0.2) is 24.4 Å². The molecule has 158 valence electrons. The maximum absolute atomic E-state index is 12.6. The molecule has 0 radical (unpaired) electrons. The number of likely N-dealkylation sites (tertiary alicyclic amines) is 1. The summed E-state index contributed by atoms with van der Waals surface area (Å²) in [5, 5.41) is 1.02. The van der Waals surface area contributed by atoms with Crippen molar-refractivity contribution in [2.75, 3.05) is 47.6 Å². The van der Waals surface area contributed by atoms with Crippen LogP contribution < -0.4 is 0 Å². The molecule has 0 amide bonds. The molecule has 1 aliphatic rings. The molecule has 1 saturated heterocycles. The van der Waals surface area contributed by atoms with Crippen LogP contribution in [0.25, 0.3) is 10.9 Å². The predicted octanol–water partition coefficient (Wildman–Crippen LogP) is 2.85. The van der Waals surface area contributed by atoms with E-state index >= 15 is 0 Å². The van der Waals surface area contributed by atoms with Gasteiger partial charge in [-0.25, -0.2) is 9.59 Å². The second-order valence-electron chi connectivity index (χ2n) is 7.81. The first-order valence-corrected chi connectivity index (χ1v) is 9.78. The fourth-order valence-corrected chi connectivity index (χ4v) is 3.46. The Labute approximate surface area is 170 Å². The lowest BCUT2D eigenvalue weighted by Gasteiger charge is -2.12. The van der Waals surface area contributed by atoms with Gasteiger partial charge in [0.25, 0.3) is 0 Å². The van der Waals surface area contributed by atoms with Crippen LogP contribution in [-0.4, -0.2) is 80.3 Å². The molecule has 0 N–H and O–H groups in total. The van der Waals surface area contributed by atoms with Gasteiger partial charge in [0, 0.05) is 31.2 Å². The number of hydrogen-bond donors (Lipinski definition) is 0. The average Bonchev–Trinajstić information content (AvgIpc) is 3.22. The zero-order chi connectivity index (χ0) is 21.0. The van der Waals surface area contributed by atoms with Gasteiger partial charge in [-0.3, -0.25) is 4.57 Å². The van der Waals surface area contributed by atoms with E-state index in [9.17, 15) is 9.59 Å². The maximum Gasteiger partial charge on any atom is 0.511 e. The normalized spacial score (nSPS) is 17.1. The van der Waals surface area contributed by atoms with Gasteiger partial charge in [-0.1, -0.05) is 11.6 Å². The minimum atomic E-state index is -0.822. The molecule has 1 aromatic heterocycles. The number of carbonyl (C=O) groups is 2. The van der Waals surface area contributed by atoms with Crippen LogP contribution in [-0.2, 0) is 20.6 Å². The Bertz CT molecular complexity index is 877. The number of aryl methyl sites for hydroxylation is 1. The Morgan fingerprint density at radius 3 is 2.72 bits per heavy atom. The van der Waals surface area contributed by atoms with E-state index < -0.39 is 19.0 Å².